The second-order valence-corrected chi connectivity index (χ2v) is 7.42. The highest BCUT2D eigenvalue weighted by Crippen LogP contribution is 2.71. The van der Waals surface area contributed by atoms with Gasteiger partial charge in [-0.05, 0) is 29.4 Å². The molecule has 2 aromatic rings. The molecule has 0 saturated heterocycles. The van der Waals surface area contributed by atoms with E-state index in [1.165, 1.54) is 0 Å². The first kappa shape index (κ1) is 13.9. The average Bonchev–Trinajstić information content (AvgIpc) is 2.64. The Balaban J connectivity index is 2.21. The summed E-state index contributed by atoms with van der Waals surface area (Å²) in [6.07, 6.45) is 2.72. The molecule has 20 heavy (non-hydrogen) atoms. The monoisotopic (exact) mass is 291 g/mol. The fraction of sp³-hybridized carbons (Fsp3) is 0.625. The number of fused-ring (bicyclic) bond motifs is 1. The van der Waals surface area contributed by atoms with E-state index in [1.54, 1.807) is 0 Å². The van der Waals surface area contributed by atoms with Gasteiger partial charge in [0.25, 0.3) is 0 Å². The summed E-state index contributed by atoms with van der Waals surface area (Å²) in [7, 11) is 0. The van der Waals surface area contributed by atoms with Crippen LogP contribution in [0.1, 0.15) is 45.1 Å². The highest BCUT2D eigenvalue weighted by Gasteiger charge is 2.66. The minimum absolute atomic E-state index is 0.258. The van der Waals surface area contributed by atoms with Crippen molar-refractivity contribution in [2.45, 2.75) is 47.1 Å². The van der Waals surface area contributed by atoms with Crippen LogP contribution in [-0.4, -0.2) is 20.4 Å². The fourth-order valence-corrected chi connectivity index (χ4v) is 3.64. The first-order valence-electron chi connectivity index (χ1n) is 7.20. The van der Waals surface area contributed by atoms with E-state index in [0.29, 0.717) is 11.9 Å². The third-order valence-corrected chi connectivity index (χ3v) is 5.45. The van der Waals surface area contributed by atoms with E-state index >= 15 is 0 Å². The average molecular weight is 292 g/mol. The van der Waals surface area contributed by atoms with E-state index in [2.05, 4.69) is 50.2 Å². The maximum atomic E-state index is 5.96. The van der Waals surface area contributed by atoms with Gasteiger partial charge in [0.15, 0.2) is 5.65 Å². The summed E-state index contributed by atoms with van der Waals surface area (Å²) >= 11 is 5.96. The van der Waals surface area contributed by atoms with Gasteiger partial charge in [0.1, 0.15) is 11.3 Å². The highest BCUT2D eigenvalue weighted by molar-refractivity contribution is 6.17. The van der Waals surface area contributed by atoms with Crippen molar-refractivity contribution in [1.29, 1.82) is 0 Å². The minimum atomic E-state index is 0.258. The first-order chi connectivity index (χ1) is 9.30. The van der Waals surface area contributed by atoms with Crippen LogP contribution in [0.25, 0.3) is 11.2 Å². The summed E-state index contributed by atoms with van der Waals surface area (Å²) in [5.41, 5.74) is 3.65. The maximum Gasteiger partial charge on any atom is 0.160 e. The summed E-state index contributed by atoms with van der Waals surface area (Å²) in [5.74, 6) is 1.66. The lowest BCUT2D eigenvalue weighted by Gasteiger charge is -2.10. The number of nitrogens with zero attached hydrogens (tertiary/aromatic N) is 3. The number of aryl methyl sites for hydroxylation is 2. The van der Waals surface area contributed by atoms with E-state index in [0.717, 1.165) is 29.0 Å². The van der Waals surface area contributed by atoms with Crippen LogP contribution in [0.4, 0.5) is 0 Å². The minimum Gasteiger partial charge on any atom is -0.308 e. The Labute approximate surface area is 125 Å². The number of aromatic nitrogens is 3. The molecule has 1 aliphatic rings. The molecule has 0 N–H and O–H groups in total. The van der Waals surface area contributed by atoms with Crippen LogP contribution in [0.15, 0.2) is 12.3 Å². The van der Waals surface area contributed by atoms with Gasteiger partial charge >= 0.3 is 0 Å². The van der Waals surface area contributed by atoms with Crippen LogP contribution in [-0.2, 0) is 6.42 Å². The molecule has 0 aliphatic heterocycles. The number of imidazole rings is 1. The van der Waals surface area contributed by atoms with Crippen LogP contribution in [0, 0.1) is 17.8 Å². The molecule has 0 radical (unpaired) electrons. The molecule has 0 atom stereocenters. The number of halogens is 1. The van der Waals surface area contributed by atoms with Gasteiger partial charge in [-0.2, -0.15) is 0 Å². The molecule has 1 aliphatic carbocycles. The van der Waals surface area contributed by atoms with Crippen molar-refractivity contribution >= 4 is 22.8 Å². The number of rotatable bonds is 3. The zero-order chi connectivity index (χ0) is 14.7. The van der Waals surface area contributed by atoms with Crippen LogP contribution < -0.4 is 0 Å². The van der Waals surface area contributed by atoms with Crippen molar-refractivity contribution < 1.29 is 0 Å². The topological polar surface area (TPSA) is 30.7 Å². The molecule has 1 fully saturated rings. The Morgan fingerprint density at radius 2 is 1.90 bits per heavy atom. The van der Waals surface area contributed by atoms with Crippen LogP contribution >= 0.6 is 11.6 Å². The molecule has 0 aromatic carbocycles. The first-order valence-corrected chi connectivity index (χ1v) is 7.73. The number of hydrogen-bond donors (Lipinski definition) is 0. The smallest absolute Gasteiger partial charge is 0.160 e. The van der Waals surface area contributed by atoms with Crippen molar-refractivity contribution in [2.75, 3.05) is 5.88 Å². The summed E-state index contributed by atoms with van der Waals surface area (Å²) < 4.78 is 2.33. The standard InChI is InChI=1S/C16H22ClN3/c1-10-8-11-13(18-9-10)20(12(19-11)6-7-17)14-15(2,3)16(14,4)5/h8-9,14H,6-7H2,1-5H3. The fourth-order valence-electron chi connectivity index (χ4n) is 3.47. The third kappa shape index (κ3) is 1.72. The quantitative estimate of drug-likeness (QED) is 0.796. The van der Waals surface area contributed by atoms with Gasteiger partial charge < -0.3 is 4.57 Å². The maximum absolute atomic E-state index is 5.96. The summed E-state index contributed by atoms with van der Waals surface area (Å²) in [5, 5.41) is 0. The Morgan fingerprint density at radius 3 is 2.45 bits per heavy atom. The summed E-state index contributed by atoms with van der Waals surface area (Å²) in [6, 6.07) is 2.55. The predicted molar refractivity (Wildman–Crippen MR) is 83.3 cm³/mol. The zero-order valence-electron chi connectivity index (χ0n) is 12.9. The number of alkyl halides is 1. The lowest BCUT2D eigenvalue weighted by molar-refractivity contribution is 0.457. The molecule has 2 aromatic heterocycles. The molecule has 2 heterocycles. The Hall–Kier alpha value is -1.09. The summed E-state index contributed by atoms with van der Waals surface area (Å²) in [4.78, 5) is 9.40. The van der Waals surface area contributed by atoms with Crippen molar-refractivity contribution in [3.63, 3.8) is 0 Å². The third-order valence-electron chi connectivity index (χ3n) is 5.26. The SMILES string of the molecule is Cc1cnc2c(c1)nc(CCCl)n2C1C(C)(C)C1(C)C. The molecule has 3 rings (SSSR count). The largest absolute Gasteiger partial charge is 0.308 e. The summed E-state index contributed by atoms with van der Waals surface area (Å²) in [6.45, 7) is 11.3. The Kier molecular flexibility index (Phi) is 2.91. The molecule has 108 valence electrons. The predicted octanol–water partition coefficient (Wildman–Crippen LogP) is 4.13. The van der Waals surface area contributed by atoms with E-state index < -0.39 is 0 Å². The molecule has 0 spiro atoms. The molecule has 4 heteroatoms. The highest BCUT2D eigenvalue weighted by atomic mass is 35.5. The normalized spacial score (nSPS) is 20.5. The van der Waals surface area contributed by atoms with E-state index in [4.69, 9.17) is 16.6 Å². The van der Waals surface area contributed by atoms with Crippen molar-refractivity contribution in [2.24, 2.45) is 10.8 Å². The van der Waals surface area contributed by atoms with E-state index in [9.17, 15) is 0 Å². The van der Waals surface area contributed by atoms with Gasteiger partial charge in [-0.3, -0.25) is 0 Å². The van der Waals surface area contributed by atoms with Crippen molar-refractivity contribution in [1.82, 2.24) is 14.5 Å². The van der Waals surface area contributed by atoms with E-state index in [1.807, 2.05) is 6.20 Å². The van der Waals surface area contributed by atoms with Gasteiger partial charge in [-0.25, -0.2) is 9.97 Å². The Bertz CT molecular complexity index is 656. The molecule has 0 amide bonds. The van der Waals surface area contributed by atoms with Crippen molar-refractivity contribution in [3.8, 4) is 0 Å². The number of hydrogen-bond acceptors (Lipinski definition) is 2. The van der Waals surface area contributed by atoms with Gasteiger partial charge in [-0.15, -0.1) is 11.6 Å². The van der Waals surface area contributed by atoms with Gasteiger partial charge in [-0.1, -0.05) is 27.7 Å². The van der Waals surface area contributed by atoms with Crippen LogP contribution in [0.2, 0.25) is 0 Å². The van der Waals surface area contributed by atoms with Gasteiger partial charge in [0, 0.05) is 24.5 Å². The van der Waals surface area contributed by atoms with Crippen LogP contribution in [0.5, 0.6) is 0 Å². The lowest BCUT2D eigenvalue weighted by atomic mass is 10.0. The van der Waals surface area contributed by atoms with E-state index in [-0.39, 0.29) is 10.8 Å². The van der Waals surface area contributed by atoms with Gasteiger partial charge in [0.05, 0.1) is 0 Å². The van der Waals surface area contributed by atoms with Crippen LogP contribution in [0.3, 0.4) is 0 Å². The zero-order valence-corrected chi connectivity index (χ0v) is 13.6. The molecule has 0 bridgehead atoms. The second-order valence-electron chi connectivity index (χ2n) is 7.04. The second kappa shape index (κ2) is 4.20. The molecular weight excluding hydrogens is 270 g/mol. The molecule has 0 unspecified atom stereocenters. The van der Waals surface area contributed by atoms with Crippen molar-refractivity contribution in [3.05, 3.63) is 23.7 Å². The number of pyridine rings is 1. The molecule has 3 nitrogen and oxygen atoms in total. The van der Waals surface area contributed by atoms with Gasteiger partial charge in [0.2, 0.25) is 0 Å². The Morgan fingerprint density at radius 1 is 1.25 bits per heavy atom. The molecule has 1 saturated carbocycles. The lowest BCUT2D eigenvalue weighted by Crippen LogP contribution is -2.07. The molecular formula is C16H22ClN3.